The van der Waals surface area contributed by atoms with Gasteiger partial charge in [-0.15, -0.1) is 0 Å². The molecule has 16 heteroatoms. The van der Waals surface area contributed by atoms with Gasteiger partial charge >= 0.3 is 12.3 Å². The van der Waals surface area contributed by atoms with Crippen LogP contribution in [-0.4, -0.2) is 77.4 Å². The molecule has 0 N–H and O–H groups in total. The standard InChI is InChI=1S/C43H44BrClF4N4O6/c1-22-33(43(47,48)49)29(18-31(36(22)46)51(19-24-8-13-27(56-6)14-9-24)20-25-10-15-28(57-7)16-11-25)37-35(45)34(44)32-39(50-37)58-23(2)38-30-17-12-26(21-52(38)40(32)54)53(30)41(55)59-42(3,4)5/h8-11,13-16,18,23,26,30,38H,12,17,19-21H2,1-7H3/t23-,26+,30-,38+/m0/s1. The van der Waals surface area contributed by atoms with E-state index in [-0.39, 0.29) is 58.0 Å². The predicted octanol–water partition coefficient (Wildman–Crippen LogP) is 10.2. The van der Waals surface area contributed by atoms with Crippen LogP contribution in [-0.2, 0) is 24.0 Å². The number of hydrogen-bond acceptors (Lipinski definition) is 8. The summed E-state index contributed by atoms with van der Waals surface area (Å²) >= 11 is 10.4. The molecule has 0 aliphatic carbocycles. The first-order chi connectivity index (χ1) is 27.8. The van der Waals surface area contributed by atoms with Gasteiger partial charge in [0.25, 0.3) is 5.91 Å². The van der Waals surface area contributed by atoms with Gasteiger partial charge in [0.2, 0.25) is 5.88 Å². The number of piperazine rings is 1. The van der Waals surface area contributed by atoms with Gasteiger partial charge in [0, 0.05) is 25.2 Å². The Kier molecular flexibility index (Phi) is 11.5. The summed E-state index contributed by atoms with van der Waals surface area (Å²) in [6, 6.07) is 13.8. The van der Waals surface area contributed by atoms with E-state index in [0.717, 1.165) is 24.1 Å². The maximum absolute atomic E-state index is 16.7. The summed E-state index contributed by atoms with van der Waals surface area (Å²) in [7, 11) is 3.06. The van der Waals surface area contributed by atoms with Gasteiger partial charge in [-0.25, -0.2) is 14.2 Å². The number of amides is 2. The van der Waals surface area contributed by atoms with Gasteiger partial charge in [0.05, 0.1) is 58.8 Å². The summed E-state index contributed by atoms with van der Waals surface area (Å²) in [5.74, 6) is -0.618. The number of carbonyl (C=O) groups is 2. The van der Waals surface area contributed by atoms with E-state index >= 15 is 17.6 Å². The first-order valence-electron chi connectivity index (χ1n) is 19.1. The number of aromatic nitrogens is 1. The third kappa shape index (κ3) is 8.12. The lowest BCUT2D eigenvalue weighted by molar-refractivity contribution is -0.137. The van der Waals surface area contributed by atoms with Crippen LogP contribution in [0.4, 0.5) is 28.0 Å². The van der Waals surface area contributed by atoms with Crippen molar-refractivity contribution in [2.24, 2.45) is 0 Å². The topological polar surface area (TPSA) is 93.7 Å². The summed E-state index contributed by atoms with van der Waals surface area (Å²) in [5.41, 5.74) is -2.28. The average Bonchev–Trinajstić information content (AvgIpc) is 3.43. The predicted molar refractivity (Wildman–Crippen MR) is 218 cm³/mol. The quantitative estimate of drug-likeness (QED) is 0.162. The lowest BCUT2D eigenvalue weighted by Gasteiger charge is -2.47. The Morgan fingerprint density at radius 2 is 1.58 bits per heavy atom. The normalized spacial score (nSPS) is 20.1. The first-order valence-corrected chi connectivity index (χ1v) is 20.3. The fourth-order valence-electron chi connectivity index (χ4n) is 8.41. The van der Waals surface area contributed by atoms with Crippen molar-refractivity contribution in [1.29, 1.82) is 0 Å². The molecule has 10 nitrogen and oxygen atoms in total. The van der Waals surface area contributed by atoms with E-state index in [1.54, 1.807) is 90.9 Å². The van der Waals surface area contributed by atoms with Gasteiger partial charge in [0.1, 0.15) is 34.6 Å². The lowest BCUT2D eigenvalue weighted by atomic mass is 9.95. The Hall–Kier alpha value is -4.76. The number of benzene rings is 3. The second kappa shape index (κ2) is 16.0. The molecule has 0 spiro atoms. The van der Waals surface area contributed by atoms with Crippen LogP contribution in [0.3, 0.4) is 0 Å². The molecule has 0 saturated carbocycles. The smallest absolute Gasteiger partial charge is 0.417 e. The van der Waals surface area contributed by atoms with Crippen molar-refractivity contribution in [1.82, 2.24) is 14.8 Å². The molecule has 1 aromatic heterocycles. The molecule has 2 amide bonds. The molecule has 3 aromatic carbocycles. The Bertz CT molecular complexity index is 2220. The summed E-state index contributed by atoms with van der Waals surface area (Å²) in [4.78, 5) is 37.4. The third-order valence-electron chi connectivity index (χ3n) is 11.0. The summed E-state index contributed by atoms with van der Waals surface area (Å²) < 4.78 is 84.9. The van der Waals surface area contributed by atoms with Gasteiger partial charge in [-0.05, 0) is 110 Å². The number of ether oxygens (including phenoxy) is 4. The fraction of sp³-hybridized carbons (Fsp3) is 0.419. The first kappa shape index (κ1) is 42.4. The van der Waals surface area contributed by atoms with Crippen molar-refractivity contribution in [3.8, 4) is 28.6 Å². The molecule has 7 rings (SSSR count). The van der Waals surface area contributed by atoms with E-state index in [9.17, 15) is 9.59 Å². The highest BCUT2D eigenvalue weighted by atomic mass is 79.9. The van der Waals surface area contributed by atoms with Gasteiger partial charge in [-0.2, -0.15) is 13.2 Å². The average molecular weight is 904 g/mol. The van der Waals surface area contributed by atoms with Crippen LogP contribution >= 0.6 is 27.5 Å². The fourth-order valence-corrected chi connectivity index (χ4v) is 9.17. The zero-order chi connectivity index (χ0) is 42.7. The Balaban J connectivity index is 1.35. The summed E-state index contributed by atoms with van der Waals surface area (Å²) in [6.45, 7) is 8.51. The van der Waals surface area contributed by atoms with Gasteiger partial charge in [-0.1, -0.05) is 35.9 Å². The van der Waals surface area contributed by atoms with E-state index in [4.69, 9.17) is 30.5 Å². The minimum absolute atomic E-state index is 0.0242. The number of pyridine rings is 1. The molecule has 4 heterocycles. The minimum Gasteiger partial charge on any atom is -0.497 e. The molecule has 2 fully saturated rings. The van der Waals surface area contributed by atoms with Crippen molar-refractivity contribution in [2.45, 2.75) is 96.6 Å². The molecule has 2 bridgehead atoms. The van der Waals surface area contributed by atoms with E-state index in [0.29, 0.717) is 24.3 Å². The van der Waals surface area contributed by atoms with Crippen LogP contribution in [0.2, 0.25) is 5.02 Å². The van der Waals surface area contributed by atoms with E-state index < -0.39 is 64.5 Å². The largest absolute Gasteiger partial charge is 0.497 e. The van der Waals surface area contributed by atoms with Crippen LogP contribution in [0.5, 0.6) is 17.4 Å². The van der Waals surface area contributed by atoms with Gasteiger partial charge < -0.3 is 28.7 Å². The number of alkyl halides is 3. The minimum atomic E-state index is -5.05. The number of rotatable bonds is 8. The SMILES string of the molecule is COc1ccc(CN(Cc2ccc(OC)cc2)c2cc(-c3nc4c(c(Br)c3Cl)C(=O)N3C[C@H]5CC[C@@H]([C@H]3[C@H](C)O4)N5C(=O)OC(C)(C)C)c(C(F)(F)F)c(C)c2F)cc1. The highest BCUT2D eigenvalue weighted by Crippen LogP contribution is 2.49. The van der Waals surface area contributed by atoms with Gasteiger partial charge in [-0.3, -0.25) is 9.69 Å². The Morgan fingerprint density at radius 1 is 1.00 bits per heavy atom. The molecule has 2 saturated heterocycles. The Labute approximate surface area is 353 Å². The van der Waals surface area contributed by atoms with Crippen molar-refractivity contribution >= 4 is 45.2 Å². The number of halogens is 6. The lowest BCUT2D eigenvalue weighted by Crippen LogP contribution is -2.65. The number of hydrogen-bond donors (Lipinski definition) is 0. The molecule has 3 aliphatic rings. The second-order valence-corrected chi connectivity index (χ2v) is 17.2. The van der Waals surface area contributed by atoms with E-state index in [1.807, 2.05) is 0 Å². The molecule has 4 atom stereocenters. The van der Waals surface area contributed by atoms with Crippen LogP contribution in [0.1, 0.15) is 73.1 Å². The molecular formula is C43H44BrClF4N4O6. The zero-order valence-electron chi connectivity index (χ0n) is 33.5. The summed E-state index contributed by atoms with van der Waals surface area (Å²) in [6.07, 6.45) is -5.08. The van der Waals surface area contributed by atoms with Crippen LogP contribution in [0, 0.1) is 12.7 Å². The molecular weight excluding hydrogens is 860 g/mol. The number of anilines is 1. The van der Waals surface area contributed by atoms with Crippen LogP contribution in [0.15, 0.2) is 59.1 Å². The van der Waals surface area contributed by atoms with Crippen LogP contribution < -0.4 is 19.1 Å². The third-order valence-corrected chi connectivity index (χ3v) is 12.4. The maximum atomic E-state index is 16.7. The van der Waals surface area contributed by atoms with E-state index in [1.165, 1.54) is 14.2 Å². The monoisotopic (exact) mass is 902 g/mol. The maximum Gasteiger partial charge on any atom is 0.417 e. The second-order valence-electron chi connectivity index (χ2n) is 16.0. The molecule has 59 heavy (non-hydrogen) atoms. The number of fused-ring (bicyclic) bond motifs is 5. The summed E-state index contributed by atoms with van der Waals surface area (Å²) in [5, 5.41) is -0.290. The van der Waals surface area contributed by atoms with Crippen molar-refractivity contribution < 1.29 is 46.1 Å². The number of nitrogens with zero attached hydrogens (tertiary/aromatic N) is 4. The van der Waals surface area contributed by atoms with Crippen molar-refractivity contribution in [3.05, 3.63) is 97.7 Å². The van der Waals surface area contributed by atoms with E-state index in [2.05, 4.69) is 20.9 Å². The molecule has 0 unspecified atom stereocenters. The number of carbonyl (C=O) groups excluding carboxylic acids is 2. The Morgan fingerprint density at radius 3 is 2.10 bits per heavy atom. The number of methoxy groups -OCH3 is 2. The molecule has 3 aliphatic heterocycles. The van der Waals surface area contributed by atoms with Crippen molar-refractivity contribution in [3.63, 3.8) is 0 Å². The molecule has 4 aromatic rings. The highest BCUT2D eigenvalue weighted by Gasteiger charge is 2.55. The molecule has 314 valence electrons. The van der Waals surface area contributed by atoms with Crippen LogP contribution in [0.25, 0.3) is 11.3 Å². The highest BCUT2D eigenvalue weighted by molar-refractivity contribution is 9.10. The van der Waals surface area contributed by atoms with Crippen molar-refractivity contribution in [2.75, 3.05) is 25.7 Å². The molecule has 0 radical (unpaired) electrons. The zero-order valence-corrected chi connectivity index (χ0v) is 35.9. The van der Waals surface area contributed by atoms with Gasteiger partial charge in [0.15, 0.2) is 0 Å².